The normalized spacial score (nSPS) is 14.1. The number of carbonyl (C=O) groups is 1. The highest BCUT2D eigenvalue weighted by atomic mass is 19.1. The first-order chi connectivity index (χ1) is 15.2. The predicted octanol–water partition coefficient (Wildman–Crippen LogP) is 4.77. The fourth-order valence-corrected chi connectivity index (χ4v) is 3.56. The molecule has 0 radical (unpaired) electrons. The molecule has 0 atom stereocenters. The van der Waals surface area contributed by atoms with E-state index in [0.29, 0.717) is 19.7 Å². The van der Waals surface area contributed by atoms with Gasteiger partial charge in [0.05, 0.1) is 0 Å². The average Bonchev–Trinajstić information content (AvgIpc) is 2.83. The monoisotopic (exact) mass is 416 g/mol. The number of amides is 1. The summed E-state index contributed by atoms with van der Waals surface area (Å²) in [5, 5.41) is 0. The van der Waals surface area contributed by atoms with Gasteiger partial charge in [-0.15, -0.1) is 0 Å². The number of nitrogens with zero attached hydrogens (tertiary/aromatic N) is 2. The van der Waals surface area contributed by atoms with Gasteiger partial charge in [0.1, 0.15) is 18.2 Å². The van der Waals surface area contributed by atoms with E-state index in [2.05, 4.69) is 4.90 Å². The molecule has 4 rings (SSSR count). The molecule has 4 nitrogen and oxygen atoms in total. The zero-order valence-corrected chi connectivity index (χ0v) is 17.3. The van der Waals surface area contributed by atoms with Crippen molar-refractivity contribution in [1.29, 1.82) is 0 Å². The number of anilines is 1. The summed E-state index contributed by atoms with van der Waals surface area (Å²) in [6.45, 7) is 3.24. The van der Waals surface area contributed by atoms with Crippen molar-refractivity contribution < 1.29 is 13.9 Å². The SMILES string of the molecule is O=C(/C=C/c1cccc(OCc2ccccc2)c1)N1CCN(c2ccc(F)cc2)CC1. The lowest BCUT2D eigenvalue weighted by Crippen LogP contribution is -2.48. The largest absolute Gasteiger partial charge is 0.489 e. The average molecular weight is 416 g/mol. The molecule has 1 aliphatic rings. The summed E-state index contributed by atoms with van der Waals surface area (Å²) in [6.07, 6.45) is 3.44. The first-order valence-electron chi connectivity index (χ1n) is 10.4. The standard InChI is InChI=1S/C26H25FN2O2/c27-23-10-12-24(13-11-23)28-15-17-29(18-16-28)26(30)14-9-21-7-4-8-25(19-21)31-20-22-5-2-1-3-6-22/h1-14,19H,15-18,20H2/b14-9+. The van der Waals surface area contributed by atoms with Gasteiger partial charge in [-0.25, -0.2) is 4.39 Å². The summed E-state index contributed by atoms with van der Waals surface area (Å²) in [5.41, 5.74) is 3.01. The summed E-state index contributed by atoms with van der Waals surface area (Å²) < 4.78 is 19.0. The van der Waals surface area contributed by atoms with Crippen LogP contribution in [-0.4, -0.2) is 37.0 Å². The van der Waals surface area contributed by atoms with E-state index in [9.17, 15) is 9.18 Å². The van der Waals surface area contributed by atoms with Crippen LogP contribution >= 0.6 is 0 Å². The maximum atomic E-state index is 13.1. The summed E-state index contributed by atoms with van der Waals surface area (Å²) in [6, 6.07) is 24.2. The van der Waals surface area contributed by atoms with Gasteiger partial charge in [0.2, 0.25) is 5.91 Å². The van der Waals surface area contributed by atoms with Crippen LogP contribution in [0.15, 0.2) is 84.9 Å². The number of piperazine rings is 1. The van der Waals surface area contributed by atoms with Crippen LogP contribution < -0.4 is 9.64 Å². The van der Waals surface area contributed by atoms with Crippen LogP contribution in [0.1, 0.15) is 11.1 Å². The lowest BCUT2D eigenvalue weighted by Gasteiger charge is -2.35. The van der Waals surface area contributed by atoms with E-state index in [1.807, 2.05) is 65.6 Å². The van der Waals surface area contributed by atoms with Crippen molar-refractivity contribution in [3.8, 4) is 5.75 Å². The molecule has 5 heteroatoms. The highest BCUT2D eigenvalue weighted by Crippen LogP contribution is 2.18. The van der Waals surface area contributed by atoms with Gasteiger partial charge >= 0.3 is 0 Å². The van der Waals surface area contributed by atoms with E-state index in [4.69, 9.17) is 4.74 Å². The molecule has 0 aliphatic carbocycles. The van der Waals surface area contributed by atoms with Crippen LogP contribution in [-0.2, 0) is 11.4 Å². The lowest BCUT2D eigenvalue weighted by molar-refractivity contribution is -0.126. The van der Waals surface area contributed by atoms with E-state index in [-0.39, 0.29) is 11.7 Å². The second kappa shape index (κ2) is 9.94. The first-order valence-corrected chi connectivity index (χ1v) is 10.4. The Kier molecular flexibility index (Phi) is 6.62. The van der Waals surface area contributed by atoms with Crippen molar-refractivity contribution in [3.63, 3.8) is 0 Å². The Morgan fingerprint density at radius 2 is 1.65 bits per heavy atom. The Labute approximate surface area is 182 Å². The minimum Gasteiger partial charge on any atom is -0.489 e. The van der Waals surface area contributed by atoms with Gasteiger partial charge in [-0.2, -0.15) is 0 Å². The molecular formula is C26H25FN2O2. The summed E-state index contributed by atoms with van der Waals surface area (Å²) in [5.74, 6) is 0.526. The van der Waals surface area contributed by atoms with Gasteiger partial charge in [0.15, 0.2) is 0 Å². The molecule has 1 heterocycles. The third kappa shape index (κ3) is 5.72. The quantitative estimate of drug-likeness (QED) is 0.543. The number of hydrogen-bond acceptors (Lipinski definition) is 3. The molecule has 1 amide bonds. The Balaban J connectivity index is 1.29. The molecule has 31 heavy (non-hydrogen) atoms. The summed E-state index contributed by atoms with van der Waals surface area (Å²) in [7, 11) is 0. The predicted molar refractivity (Wildman–Crippen MR) is 121 cm³/mol. The molecule has 3 aromatic rings. The van der Waals surface area contributed by atoms with Crippen molar-refractivity contribution in [2.45, 2.75) is 6.61 Å². The molecule has 158 valence electrons. The molecular weight excluding hydrogens is 391 g/mol. The number of benzene rings is 3. The molecule has 0 saturated carbocycles. The van der Waals surface area contributed by atoms with Gasteiger partial charge in [-0.1, -0.05) is 42.5 Å². The number of halogens is 1. The first kappa shape index (κ1) is 20.7. The molecule has 0 spiro atoms. The van der Waals surface area contributed by atoms with Gasteiger partial charge in [-0.05, 0) is 53.6 Å². The maximum Gasteiger partial charge on any atom is 0.246 e. The van der Waals surface area contributed by atoms with Crippen molar-refractivity contribution in [3.05, 3.63) is 102 Å². The topological polar surface area (TPSA) is 32.8 Å². The second-order valence-corrected chi connectivity index (χ2v) is 7.47. The third-order valence-corrected chi connectivity index (χ3v) is 5.31. The van der Waals surface area contributed by atoms with Crippen LogP contribution in [0.4, 0.5) is 10.1 Å². The highest BCUT2D eigenvalue weighted by molar-refractivity contribution is 5.92. The molecule has 0 N–H and O–H groups in total. The Bertz CT molecular complexity index is 1030. The number of ether oxygens (including phenoxy) is 1. The zero-order chi connectivity index (χ0) is 21.5. The molecule has 1 fully saturated rings. The Morgan fingerprint density at radius 1 is 0.903 bits per heavy atom. The minimum absolute atomic E-state index is 0.00522. The van der Waals surface area contributed by atoms with Gasteiger partial charge in [0.25, 0.3) is 0 Å². The zero-order valence-electron chi connectivity index (χ0n) is 17.3. The van der Waals surface area contributed by atoms with E-state index in [0.717, 1.165) is 35.7 Å². The van der Waals surface area contributed by atoms with Gasteiger partial charge in [0, 0.05) is 37.9 Å². The molecule has 1 aliphatic heterocycles. The fourth-order valence-electron chi connectivity index (χ4n) is 3.56. The van der Waals surface area contributed by atoms with Crippen molar-refractivity contribution in [2.75, 3.05) is 31.1 Å². The smallest absolute Gasteiger partial charge is 0.246 e. The summed E-state index contributed by atoms with van der Waals surface area (Å²) >= 11 is 0. The van der Waals surface area contributed by atoms with Crippen LogP contribution in [0.3, 0.4) is 0 Å². The number of hydrogen-bond donors (Lipinski definition) is 0. The van der Waals surface area contributed by atoms with E-state index < -0.39 is 0 Å². The van der Waals surface area contributed by atoms with E-state index in [1.54, 1.807) is 18.2 Å². The highest BCUT2D eigenvalue weighted by Gasteiger charge is 2.19. The second-order valence-electron chi connectivity index (χ2n) is 7.47. The molecule has 1 saturated heterocycles. The maximum absolute atomic E-state index is 13.1. The number of rotatable bonds is 6. The van der Waals surface area contributed by atoms with E-state index >= 15 is 0 Å². The number of carbonyl (C=O) groups excluding carboxylic acids is 1. The molecule has 0 unspecified atom stereocenters. The molecule has 0 bridgehead atoms. The summed E-state index contributed by atoms with van der Waals surface area (Å²) in [4.78, 5) is 16.6. The van der Waals surface area contributed by atoms with Gasteiger partial charge < -0.3 is 14.5 Å². The van der Waals surface area contributed by atoms with Crippen molar-refractivity contribution >= 4 is 17.7 Å². The third-order valence-electron chi connectivity index (χ3n) is 5.31. The lowest BCUT2D eigenvalue weighted by atomic mass is 10.2. The molecule has 0 aromatic heterocycles. The van der Waals surface area contributed by atoms with E-state index in [1.165, 1.54) is 12.1 Å². The van der Waals surface area contributed by atoms with Crippen LogP contribution in [0.25, 0.3) is 6.08 Å². The molecule has 3 aromatic carbocycles. The Hall–Kier alpha value is -3.60. The van der Waals surface area contributed by atoms with Gasteiger partial charge in [-0.3, -0.25) is 4.79 Å². The van der Waals surface area contributed by atoms with Crippen molar-refractivity contribution in [2.24, 2.45) is 0 Å². The van der Waals surface area contributed by atoms with Crippen LogP contribution in [0.5, 0.6) is 5.75 Å². The van der Waals surface area contributed by atoms with Crippen LogP contribution in [0.2, 0.25) is 0 Å². The minimum atomic E-state index is -0.239. The Morgan fingerprint density at radius 3 is 2.39 bits per heavy atom. The van der Waals surface area contributed by atoms with Crippen LogP contribution in [0, 0.1) is 5.82 Å². The van der Waals surface area contributed by atoms with Crippen molar-refractivity contribution in [1.82, 2.24) is 4.90 Å². The fraction of sp³-hybridized carbons (Fsp3) is 0.192.